The third-order valence-corrected chi connectivity index (χ3v) is 3.33. The number of carboxylic acid groups (broad SMARTS) is 1. The van der Waals surface area contributed by atoms with Crippen LogP contribution >= 0.6 is 11.6 Å². The van der Waals surface area contributed by atoms with Crippen molar-refractivity contribution in [3.63, 3.8) is 0 Å². The highest BCUT2D eigenvalue weighted by molar-refractivity contribution is 6.33. The van der Waals surface area contributed by atoms with Crippen LogP contribution in [0, 0.1) is 25.2 Å². The monoisotopic (exact) mass is 290 g/mol. The fourth-order valence-corrected chi connectivity index (χ4v) is 2.19. The molecule has 0 amide bonds. The average molecular weight is 291 g/mol. The number of pyridine rings is 1. The number of nitrogens with zero attached hydrogens (tertiary/aromatic N) is 4. The second-order valence-corrected chi connectivity index (χ2v) is 4.62. The van der Waals surface area contributed by atoms with Gasteiger partial charge in [-0.05, 0) is 19.9 Å². The van der Waals surface area contributed by atoms with Gasteiger partial charge >= 0.3 is 5.97 Å². The average Bonchev–Trinajstić information content (AvgIpc) is 2.66. The lowest BCUT2D eigenvalue weighted by Gasteiger charge is -2.06. The Morgan fingerprint density at radius 2 is 2.25 bits per heavy atom. The summed E-state index contributed by atoms with van der Waals surface area (Å²) >= 11 is 6.12. The van der Waals surface area contributed by atoms with E-state index in [1.54, 1.807) is 13.8 Å². The van der Waals surface area contributed by atoms with Crippen molar-refractivity contribution in [2.75, 3.05) is 0 Å². The number of carboxylic acids is 1. The second-order valence-electron chi connectivity index (χ2n) is 4.24. The molecule has 1 N–H and O–H groups in total. The highest BCUT2D eigenvalue weighted by Gasteiger charge is 2.18. The van der Waals surface area contributed by atoms with Crippen molar-refractivity contribution >= 4 is 17.6 Å². The quantitative estimate of drug-likeness (QED) is 0.934. The molecule has 0 aliphatic rings. The number of aromatic nitrogens is 3. The molecule has 0 radical (unpaired) electrons. The second kappa shape index (κ2) is 5.31. The normalized spacial score (nSPS) is 10.3. The van der Waals surface area contributed by atoms with Gasteiger partial charge in [-0.1, -0.05) is 11.6 Å². The minimum absolute atomic E-state index is 0.118. The van der Waals surface area contributed by atoms with Crippen molar-refractivity contribution in [1.29, 1.82) is 5.26 Å². The van der Waals surface area contributed by atoms with Crippen LogP contribution in [0.4, 0.5) is 0 Å². The summed E-state index contributed by atoms with van der Waals surface area (Å²) in [6.07, 6.45) is 1.35. The molecule has 102 valence electrons. The molecule has 0 saturated heterocycles. The van der Waals surface area contributed by atoms with Crippen LogP contribution in [0.15, 0.2) is 12.3 Å². The predicted octanol–water partition coefficient (Wildman–Crippen LogP) is 2.04. The summed E-state index contributed by atoms with van der Waals surface area (Å²) in [5.41, 5.74) is 2.17. The Morgan fingerprint density at radius 1 is 1.55 bits per heavy atom. The van der Waals surface area contributed by atoms with E-state index in [1.807, 2.05) is 6.07 Å². The molecule has 0 aliphatic heterocycles. The molecule has 0 saturated carbocycles. The third-order valence-electron chi connectivity index (χ3n) is 2.96. The fraction of sp³-hybridized carbons (Fsp3) is 0.231. The molecule has 0 aliphatic carbocycles. The summed E-state index contributed by atoms with van der Waals surface area (Å²) in [5.74, 6) is -0.608. The van der Waals surface area contributed by atoms with Crippen LogP contribution in [-0.2, 0) is 11.2 Å². The maximum absolute atomic E-state index is 10.9. The van der Waals surface area contributed by atoms with Gasteiger partial charge in [0, 0.05) is 17.5 Å². The minimum atomic E-state index is -0.930. The number of carbonyl (C=O) groups is 1. The molecule has 0 fully saturated rings. The van der Waals surface area contributed by atoms with Crippen LogP contribution in [0.5, 0.6) is 0 Å². The van der Waals surface area contributed by atoms with Gasteiger partial charge in [-0.15, -0.1) is 0 Å². The van der Waals surface area contributed by atoms with Gasteiger partial charge in [0.05, 0.1) is 17.7 Å². The lowest BCUT2D eigenvalue weighted by molar-refractivity contribution is -0.136. The van der Waals surface area contributed by atoms with Gasteiger partial charge in [0.2, 0.25) is 0 Å². The maximum atomic E-state index is 10.9. The van der Waals surface area contributed by atoms with E-state index in [4.69, 9.17) is 22.0 Å². The van der Waals surface area contributed by atoms with E-state index in [2.05, 4.69) is 10.1 Å². The Bertz CT molecular complexity index is 731. The summed E-state index contributed by atoms with van der Waals surface area (Å²) in [6.45, 7) is 3.47. The molecular formula is C13H11ClN4O2. The van der Waals surface area contributed by atoms with Crippen LogP contribution in [-0.4, -0.2) is 25.8 Å². The molecule has 20 heavy (non-hydrogen) atoms. The Hall–Kier alpha value is -2.39. The first-order chi connectivity index (χ1) is 9.45. The first-order valence-corrected chi connectivity index (χ1v) is 6.15. The number of hydrogen-bond donors (Lipinski definition) is 1. The van der Waals surface area contributed by atoms with Crippen LogP contribution < -0.4 is 0 Å². The van der Waals surface area contributed by atoms with Gasteiger partial charge in [-0.25, -0.2) is 9.67 Å². The third kappa shape index (κ3) is 2.36. The lowest BCUT2D eigenvalue weighted by Crippen LogP contribution is -2.05. The molecule has 0 unspecified atom stereocenters. The van der Waals surface area contributed by atoms with Crippen molar-refractivity contribution in [3.8, 4) is 11.9 Å². The van der Waals surface area contributed by atoms with E-state index >= 15 is 0 Å². The van der Waals surface area contributed by atoms with Gasteiger partial charge in [-0.3, -0.25) is 4.79 Å². The predicted molar refractivity (Wildman–Crippen MR) is 71.9 cm³/mol. The topological polar surface area (TPSA) is 91.8 Å². The summed E-state index contributed by atoms with van der Waals surface area (Å²) in [5, 5.41) is 22.3. The maximum Gasteiger partial charge on any atom is 0.307 e. The van der Waals surface area contributed by atoms with E-state index in [-0.39, 0.29) is 11.4 Å². The van der Waals surface area contributed by atoms with Crippen LogP contribution in [0.2, 0.25) is 5.02 Å². The molecule has 2 aromatic rings. The highest BCUT2D eigenvalue weighted by atomic mass is 35.5. The zero-order valence-electron chi connectivity index (χ0n) is 10.9. The summed E-state index contributed by atoms with van der Waals surface area (Å²) in [4.78, 5) is 15.0. The molecule has 2 aromatic heterocycles. The molecule has 6 nitrogen and oxygen atoms in total. The number of aryl methyl sites for hydroxylation is 1. The van der Waals surface area contributed by atoms with Crippen LogP contribution in [0.3, 0.4) is 0 Å². The Morgan fingerprint density at radius 3 is 2.85 bits per heavy atom. The van der Waals surface area contributed by atoms with E-state index in [1.165, 1.54) is 16.9 Å². The van der Waals surface area contributed by atoms with Crippen molar-refractivity contribution in [2.45, 2.75) is 20.3 Å². The number of hydrogen-bond acceptors (Lipinski definition) is 4. The molecule has 0 bridgehead atoms. The molecule has 2 rings (SSSR count). The molecular weight excluding hydrogens is 280 g/mol. The standard InChI is InChI=1S/C13H11ClN4O2/c1-7-10(5-11(19)20)8(2)18(17-7)13-12(14)9(6-15)3-4-16-13/h3-4H,5H2,1-2H3,(H,19,20). The molecule has 0 spiro atoms. The number of halogens is 1. The van der Waals surface area contributed by atoms with Crippen molar-refractivity contribution in [3.05, 3.63) is 39.8 Å². The van der Waals surface area contributed by atoms with Crippen molar-refractivity contribution in [1.82, 2.24) is 14.8 Å². The smallest absolute Gasteiger partial charge is 0.307 e. The Labute approximate surface area is 120 Å². The minimum Gasteiger partial charge on any atom is -0.481 e. The van der Waals surface area contributed by atoms with Gasteiger partial charge < -0.3 is 5.11 Å². The van der Waals surface area contributed by atoms with Gasteiger partial charge in [0.15, 0.2) is 5.82 Å². The number of aliphatic carboxylic acids is 1. The largest absolute Gasteiger partial charge is 0.481 e. The first-order valence-electron chi connectivity index (χ1n) is 5.77. The summed E-state index contributed by atoms with van der Waals surface area (Å²) in [7, 11) is 0. The van der Waals surface area contributed by atoms with E-state index in [9.17, 15) is 4.79 Å². The number of nitriles is 1. The zero-order valence-corrected chi connectivity index (χ0v) is 11.6. The zero-order chi connectivity index (χ0) is 14.9. The van der Waals surface area contributed by atoms with Crippen molar-refractivity contribution in [2.24, 2.45) is 0 Å². The first kappa shape index (κ1) is 14.0. The van der Waals surface area contributed by atoms with E-state index in [0.717, 1.165) is 0 Å². The number of rotatable bonds is 3. The Balaban J connectivity index is 2.61. The fourth-order valence-electron chi connectivity index (χ4n) is 1.95. The lowest BCUT2D eigenvalue weighted by atomic mass is 10.1. The Kier molecular flexibility index (Phi) is 3.72. The van der Waals surface area contributed by atoms with Gasteiger partial charge in [-0.2, -0.15) is 10.4 Å². The van der Waals surface area contributed by atoms with Crippen LogP contribution in [0.25, 0.3) is 5.82 Å². The molecule has 0 atom stereocenters. The molecule has 2 heterocycles. The van der Waals surface area contributed by atoms with Gasteiger partial charge in [0.25, 0.3) is 0 Å². The highest BCUT2D eigenvalue weighted by Crippen LogP contribution is 2.25. The summed E-state index contributed by atoms with van der Waals surface area (Å²) < 4.78 is 1.47. The van der Waals surface area contributed by atoms with Crippen molar-refractivity contribution < 1.29 is 9.90 Å². The SMILES string of the molecule is Cc1nn(-c2nccc(C#N)c2Cl)c(C)c1CC(=O)O. The van der Waals surface area contributed by atoms with E-state index < -0.39 is 5.97 Å². The van der Waals surface area contributed by atoms with E-state index in [0.29, 0.717) is 28.3 Å². The summed E-state index contributed by atoms with van der Waals surface area (Å²) in [6, 6.07) is 3.48. The van der Waals surface area contributed by atoms with Crippen LogP contribution in [0.1, 0.15) is 22.5 Å². The molecule has 0 aromatic carbocycles. The molecule has 7 heteroatoms. The van der Waals surface area contributed by atoms with Gasteiger partial charge in [0.1, 0.15) is 11.1 Å².